The van der Waals surface area contributed by atoms with Gasteiger partial charge >= 0.3 is 0 Å². The number of amides is 1. The number of carbonyl (C=O) groups is 2. The molecule has 0 bridgehead atoms. The molecule has 1 unspecified atom stereocenters. The van der Waals surface area contributed by atoms with E-state index in [0.717, 1.165) is 0 Å². The minimum atomic E-state index is -0.832. The summed E-state index contributed by atoms with van der Waals surface area (Å²) in [5.74, 6) is -0.794. The minimum absolute atomic E-state index is 0.0171. The first-order chi connectivity index (χ1) is 15.1. The topological polar surface area (TPSA) is 89.0 Å². The number of methoxy groups -OCH3 is 2. The van der Waals surface area contributed by atoms with Crippen LogP contribution in [0.1, 0.15) is 17.2 Å². The zero-order valence-corrected chi connectivity index (χ0v) is 17.0. The van der Waals surface area contributed by atoms with Crippen LogP contribution in [0.3, 0.4) is 0 Å². The Morgan fingerprint density at radius 3 is 2.26 bits per heavy atom. The van der Waals surface area contributed by atoms with Gasteiger partial charge in [0.25, 0.3) is 11.7 Å². The Kier molecular flexibility index (Phi) is 5.41. The number of aliphatic hydroxyl groups is 1. The van der Waals surface area contributed by atoms with Crippen LogP contribution in [-0.2, 0) is 9.59 Å². The molecule has 7 heteroatoms. The smallest absolute Gasteiger partial charge is 0.300 e. The molecule has 4 rings (SSSR count). The van der Waals surface area contributed by atoms with Crippen molar-refractivity contribution in [2.45, 2.75) is 6.04 Å². The molecule has 1 fully saturated rings. The summed E-state index contributed by atoms with van der Waals surface area (Å²) in [6.45, 7) is 0. The highest BCUT2D eigenvalue weighted by molar-refractivity contribution is 6.51. The van der Waals surface area contributed by atoms with Crippen molar-refractivity contribution in [3.05, 3.63) is 89.8 Å². The summed E-state index contributed by atoms with van der Waals surface area (Å²) in [6, 6.07) is 16.2. The van der Waals surface area contributed by atoms with Crippen LogP contribution in [0.2, 0.25) is 0 Å². The van der Waals surface area contributed by atoms with Gasteiger partial charge in [-0.2, -0.15) is 0 Å². The van der Waals surface area contributed by atoms with E-state index in [9.17, 15) is 14.7 Å². The lowest BCUT2D eigenvalue weighted by Crippen LogP contribution is -2.29. The van der Waals surface area contributed by atoms with E-state index >= 15 is 0 Å². The Morgan fingerprint density at radius 1 is 0.935 bits per heavy atom. The molecule has 1 aromatic heterocycles. The van der Waals surface area contributed by atoms with Crippen LogP contribution < -0.4 is 14.4 Å². The molecule has 156 valence electrons. The number of benzene rings is 2. The molecule has 0 saturated carbocycles. The van der Waals surface area contributed by atoms with Gasteiger partial charge in [-0.05, 0) is 54.1 Å². The Bertz CT molecular complexity index is 1160. The van der Waals surface area contributed by atoms with Gasteiger partial charge < -0.3 is 14.6 Å². The maximum Gasteiger partial charge on any atom is 0.300 e. The Labute approximate surface area is 179 Å². The van der Waals surface area contributed by atoms with Crippen molar-refractivity contribution < 1.29 is 24.2 Å². The van der Waals surface area contributed by atoms with E-state index < -0.39 is 17.7 Å². The van der Waals surface area contributed by atoms with Gasteiger partial charge in [-0.3, -0.25) is 19.5 Å². The molecular weight excluding hydrogens is 396 g/mol. The summed E-state index contributed by atoms with van der Waals surface area (Å²) in [5.41, 5.74) is 1.46. The van der Waals surface area contributed by atoms with Crippen molar-refractivity contribution in [1.29, 1.82) is 0 Å². The number of aliphatic hydroxyl groups excluding tert-OH is 1. The highest BCUT2D eigenvalue weighted by Crippen LogP contribution is 2.43. The average Bonchev–Trinajstić information content (AvgIpc) is 3.09. The van der Waals surface area contributed by atoms with E-state index in [0.29, 0.717) is 28.3 Å². The summed E-state index contributed by atoms with van der Waals surface area (Å²) in [5, 5.41) is 11.2. The molecule has 0 spiro atoms. The van der Waals surface area contributed by atoms with Crippen LogP contribution in [0.25, 0.3) is 5.76 Å². The second-order valence-corrected chi connectivity index (χ2v) is 6.85. The molecule has 1 aliphatic rings. The summed E-state index contributed by atoms with van der Waals surface area (Å²) in [6.07, 6.45) is 3.15. The van der Waals surface area contributed by atoms with Crippen molar-refractivity contribution >= 4 is 23.1 Å². The number of rotatable bonds is 5. The molecule has 1 saturated heterocycles. The maximum atomic E-state index is 13.1. The third kappa shape index (κ3) is 3.50. The van der Waals surface area contributed by atoms with Gasteiger partial charge in [0.05, 0.1) is 31.4 Å². The molecule has 1 atom stereocenters. The molecule has 0 aliphatic carbocycles. The molecule has 7 nitrogen and oxygen atoms in total. The zero-order chi connectivity index (χ0) is 22.0. The number of Topliss-reactive ketones (excluding diaryl/α,β-unsaturated/α-hetero) is 1. The SMILES string of the molecule is COc1ccc(N2C(=O)C(=O)/C(=C(\O)c3ccccc3OC)C2c2ccncc2)cc1. The van der Waals surface area contributed by atoms with Crippen molar-refractivity contribution in [3.8, 4) is 11.5 Å². The number of pyridine rings is 1. The lowest BCUT2D eigenvalue weighted by molar-refractivity contribution is -0.132. The third-order valence-corrected chi connectivity index (χ3v) is 5.18. The van der Waals surface area contributed by atoms with E-state index in [2.05, 4.69) is 4.98 Å². The minimum Gasteiger partial charge on any atom is -0.507 e. The Morgan fingerprint density at radius 2 is 1.61 bits per heavy atom. The van der Waals surface area contributed by atoms with Crippen molar-refractivity contribution in [2.75, 3.05) is 19.1 Å². The normalized spacial score (nSPS) is 17.6. The van der Waals surface area contributed by atoms with E-state index in [1.165, 1.54) is 12.0 Å². The van der Waals surface area contributed by atoms with Gasteiger partial charge in [0.15, 0.2) is 0 Å². The molecule has 31 heavy (non-hydrogen) atoms. The van der Waals surface area contributed by atoms with Crippen LogP contribution in [0, 0.1) is 0 Å². The largest absolute Gasteiger partial charge is 0.507 e. The first kappa shape index (κ1) is 20.2. The average molecular weight is 416 g/mol. The van der Waals surface area contributed by atoms with Gasteiger partial charge in [0, 0.05) is 18.1 Å². The molecule has 0 radical (unpaired) electrons. The lowest BCUT2D eigenvalue weighted by Gasteiger charge is -2.25. The van der Waals surface area contributed by atoms with Gasteiger partial charge in [0.2, 0.25) is 0 Å². The van der Waals surface area contributed by atoms with Crippen LogP contribution in [-0.4, -0.2) is 36.0 Å². The summed E-state index contributed by atoms with van der Waals surface area (Å²) < 4.78 is 10.5. The second-order valence-electron chi connectivity index (χ2n) is 6.85. The van der Waals surface area contributed by atoms with Crippen LogP contribution in [0.4, 0.5) is 5.69 Å². The molecule has 1 aliphatic heterocycles. The highest BCUT2D eigenvalue weighted by Gasteiger charge is 2.47. The van der Waals surface area contributed by atoms with E-state index in [1.807, 2.05) is 0 Å². The predicted octanol–water partition coefficient (Wildman–Crippen LogP) is 3.73. The van der Waals surface area contributed by atoms with Gasteiger partial charge in [-0.1, -0.05) is 12.1 Å². The summed E-state index contributed by atoms with van der Waals surface area (Å²) in [7, 11) is 3.02. The van der Waals surface area contributed by atoms with Crippen molar-refractivity contribution in [1.82, 2.24) is 4.98 Å². The molecular formula is C24H20N2O5. The van der Waals surface area contributed by atoms with E-state index in [-0.39, 0.29) is 11.3 Å². The standard InChI is InChI=1S/C24H20N2O5/c1-30-17-9-7-16(8-10-17)26-21(15-11-13-25-14-12-15)20(23(28)24(26)29)22(27)18-5-3-4-6-19(18)31-2/h3-14,21,27H,1-2H3/b22-20-. The molecule has 3 aromatic rings. The fraction of sp³-hybridized carbons (Fsp3) is 0.125. The maximum absolute atomic E-state index is 13.1. The van der Waals surface area contributed by atoms with Crippen LogP contribution in [0.15, 0.2) is 78.6 Å². The number of anilines is 1. The second kappa shape index (κ2) is 8.31. The van der Waals surface area contributed by atoms with E-state index in [1.54, 1.807) is 80.2 Å². The number of para-hydroxylation sites is 1. The number of ketones is 1. The zero-order valence-electron chi connectivity index (χ0n) is 17.0. The van der Waals surface area contributed by atoms with Crippen molar-refractivity contribution in [3.63, 3.8) is 0 Å². The number of hydrogen-bond acceptors (Lipinski definition) is 6. The Balaban J connectivity index is 1.94. The first-order valence-corrected chi connectivity index (χ1v) is 9.55. The first-order valence-electron chi connectivity index (χ1n) is 9.55. The highest BCUT2D eigenvalue weighted by atomic mass is 16.5. The summed E-state index contributed by atoms with van der Waals surface area (Å²) >= 11 is 0. The van der Waals surface area contributed by atoms with Crippen molar-refractivity contribution in [2.24, 2.45) is 0 Å². The third-order valence-electron chi connectivity index (χ3n) is 5.18. The quantitative estimate of drug-likeness (QED) is 0.387. The number of nitrogens with zero attached hydrogens (tertiary/aromatic N) is 2. The lowest BCUT2D eigenvalue weighted by atomic mass is 9.95. The summed E-state index contributed by atoms with van der Waals surface area (Å²) in [4.78, 5) is 31.6. The van der Waals surface area contributed by atoms with Gasteiger partial charge in [0.1, 0.15) is 17.3 Å². The monoisotopic (exact) mass is 416 g/mol. The number of aromatic nitrogens is 1. The van der Waals surface area contributed by atoms with Gasteiger partial charge in [-0.25, -0.2) is 0 Å². The Hall–Kier alpha value is -4.13. The van der Waals surface area contributed by atoms with Gasteiger partial charge in [-0.15, -0.1) is 0 Å². The predicted molar refractivity (Wildman–Crippen MR) is 115 cm³/mol. The molecule has 2 heterocycles. The molecule has 1 N–H and O–H groups in total. The van der Waals surface area contributed by atoms with E-state index in [4.69, 9.17) is 9.47 Å². The van der Waals surface area contributed by atoms with Crippen LogP contribution in [0.5, 0.6) is 11.5 Å². The van der Waals surface area contributed by atoms with Crippen LogP contribution >= 0.6 is 0 Å². The number of ether oxygens (including phenoxy) is 2. The number of carbonyl (C=O) groups excluding carboxylic acids is 2. The number of hydrogen-bond donors (Lipinski definition) is 1. The fourth-order valence-corrected chi connectivity index (χ4v) is 3.69. The molecule has 2 aromatic carbocycles. The molecule has 1 amide bonds. The fourth-order valence-electron chi connectivity index (χ4n) is 3.69.